The van der Waals surface area contributed by atoms with Crippen LogP contribution in [0.3, 0.4) is 0 Å². The molecule has 158 valence electrons. The van der Waals surface area contributed by atoms with Gasteiger partial charge in [0, 0.05) is 5.41 Å². The normalized spacial score (nSPS) is 17.5. The highest BCUT2D eigenvalue weighted by Gasteiger charge is 2.30. The Labute approximate surface area is 194 Å². The van der Waals surface area contributed by atoms with Crippen LogP contribution in [-0.2, 0) is 11.8 Å². The lowest BCUT2D eigenvalue weighted by atomic mass is 9.71. The zero-order valence-corrected chi connectivity index (χ0v) is 18.7. The van der Waals surface area contributed by atoms with Gasteiger partial charge < -0.3 is 0 Å². The Balaban J connectivity index is 1.79. The smallest absolute Gasteiger partial charge is 0.0669 e. The van der Waals surface area contributed by atoms with Crippen LogP contribution in [0.15, 0.2) is 96.6 Å². The maximum absolute atomic E-state index is 9.09. The summed E-state index contributed by atoms with van der Waals surface area (Å²) < 4.78 is 0. The Morgan fingerprint density at radius 3 is 1.85 bits per heavy atom. The Kier molecular flexibility index (Phi) is 5.29. The molecule has 1 aliphatic rings. The highest BCUT2D eigenvalue weighted by molar-refractivity contribution is 6.15. The molecular formula is C31H24N2. The van der Waals surface area contributed by atoms with Crippen LogP contribution in [0.25, 0.3) is 32.7 Å². The van der Waals surface area contributed by atoms with Crippen LogP contribution in [0.4, 0.5) is 0 Å². The summed E-state index contributed by atoms with van der Waals surface area (Å²) in [5.41, 5.74) is 5.70. The molecule has 4 aromatic rings. The number of allylic oxidation sites excluding steroid dienone is 4. The second kappa shape index (κ2) is 8.42. The highest BCUT2D eigenvalue weighted by atomic mass is 14.3. The Bertz CT molecular complexity index is 1450. The number of nitrogens with zero attached hydrogens (tertiary/aromatic N) is 2. The highest BCUT2D eigenvalue weighted by Crippen LogP contribution is 2.46. The molecule has 4 aromatic carbocycles. The maximum atomic E-state index is 9.09. The number of rotatable bonds is 4. The van der Waals surface area contributed by atoms with Gasteiger partial charge in [-0.05, 0) is 55.8 Å². The summed E-state index contributed by atoms with van der Waals surface area (Å²) in [5, 5.41) is 23.1. The first-order valence-corrected chi connectivity index (χ1v) is 11.3. The molecule has 0 saturated carbocycles. The third-order valence-corrected chi connectivity index (χ3v) is 6.77. The lowest BCUT2D eigenvalue weighted by Gasteiger charge is -2.32. The predicted octanol–water partition coefficient (Wildman–Crippen LogP) is 7.78. The lowest BCUT2D eigenvalue weighted by Crippen LogP contribution is -2.21. The average molecular weight is 425 g/mol. The molecular weight excluding hydrogens is 400 g/mol. The van der Waals surface area contributed by atoms with Crippen LogP contribution in [0.2, 0.25) is 0 Å². The number of hydrogen-bond acceptors (Lipinski definition) is 2. The summed E-state index contributed by atoms with van der Waals surface area (Å²) in [6, 6.07) is 30.3. The summed E-state index contributed by atoms with van der Waals surface area (Å²) in [7, 11) is 0. The van der Waals surface area contributed by atoms with Crippen LogP contribution in [0.1, 0.15) is 30.9 Å². The van der Waals surface area contributed by atoms with E-state index in [0.717, 1.165) is 23.1 Å². The van der Waals surface area contributed by atoms with Gasteiger partial charge in [0.15, 0.2) is 0 Å². The molecule has 0 aliphatic heterocycles. The van der Waals surface area contributed by atoms with Gasteiger partial charge in [0.05, 0.1) is 25.0 Å². The molecule has 33 heavy (non-hydrogen) atoms. The van der Waals surface area contributed by atoms with Gasteiger partial charge in [0.25, 0.3) is 0 Å². The predicted molar refractivity (Wildman–Crippen MR) is 136 cm³/mol. The fourth-order valence-electron chi connectivity index (χ4n) is 5.11. The monoisotopic (exact) mass is 424 g/mol. The van der Waals surface area contributed by atoms with Gasteiger partial charge in [-0.1, -0.05) is 97.9 Å². The second-order valence-electron chi connectivity index (χ2n) is 8.94. The Hall–Kier alpha value is -4.14. The first kappa shape index (κ1) is 20.7. The van der Waals surface area contributed by atoms with Crippen molar-refractivity contribution in [2.45, 2.75) is 31.6 Å². The molecule has 0 unspecified atom stereocenters. The van der Waals surface area contributed by atoms with E-state index >= 15 is 0 Å². The van der Waals surface area contributed by atoms with Crippen molar-refractivity contribution >= 4 is 21.5 Å². The van der Waals surface area contributed by atoms with Crippen LogP contribution in [-0.4, -0.2) is 0 Å². The minimum Gasteiger partial charge on any atom is -0.198 e. The van der Waals surface area contributed by atoms with Crippen LogP contribution < -0.4 is 0 Å². The van der Waals surface area contributed by atoms with Crippen molar-refractivity contribution in [2.24, 2.45) is 0 Å². The van der Waals surface area contributed by atoms with Gasteiger partial charge in [-0.2, -0.15) is 10.5 Å². The van der Waals surface area contributed by atoms with Gasteiger partial charge in [-0.3, -0.25) is 0 Å². The fraction of sp³-hybridized carbons (Fsp3) is 0.161. The molecule has 0 amide bonds. The summed E-state index contributed by atoms with van der Waals surface area (Å²) in [5.74, 6) is 0. The third kappa shape index (κ3) is 3.61. The van der Waals surface area contributed by atoms with E-state index in [1.54, 1.807) is 0 Å². The van der Waals surface area contributed by atoms with Crippen molar-refractivity contribution in [3.8, 4) is 23.3 Å². The molecule has 0 heterocycles. The first-order chi connectivity index (χ1) is 16.1. The minimum absolute atomic E-state index is 0.159. The minimum atomic E-state index is -0.159. The van der Waals surface area contributed by atoms with Gasteiger partial charge in [-0.15, -0.1) is 0 Å². The molecule has 0 spiro atoms. The van der Waals surface area contributed by atoms with Crippen molar-refractivity contribution in [2.75, 3.05) is 0 Å². The van der Waals surface area contributed by atoms with Crippen molar-refractivity contribution in [3.05, 3.63) is 108 Å². The van der Waals surface area contributed by atoms with Crippen LogP contribution in [0, 0.1) is 22.7 Å². The SMILES string of the molecule is C[C@@]1(c2c3ccccc3c(-c3ccc(CC#N)cc3)c3ccccc23)C=CC(CC#N)=CC1. The lowest BCUT2D eigenvalue weighted by molar-refractivity contribution is 0.606. The number of benzene rings is 4. The molecule has 1 atom stereocenters. The molecule has 0 bridgehead atoms. The molecule has 0 saturated heterocycles. The van der Waals surface area contributed by atoms with Gasteiger partial charge >= 0.3 is 0 Å². The standard InChI is InChI=1S/C31H24N2/c1-31(18-14-23(15-19-31)17-21-33)30-27-8-4-2-6-25(27)29(26-7-3-5-9-28(26)30)24-12-10-22(11-13-24)16-20-32/h2-15,18H,16-17,19H2,1H3/t31-/m1/s1. The van der Waals surface area contributed by atoms with E-state index in [9.17, 15) is 0 Å². The zero-order valence-electron chi connectivity index (χ0n) is 18.7. The average Bonchev–Trinajstić information content (AvgIpc) is 2.85. The molecule has 2 heteroatoms. The van der Waals surface area contributed by atoms with E-state index in [2.05, 4.69) is 110 Å². The van der Waals surface area contributed by atoms with E-state index in [0.29, 0.717) is 12.8 Å². The summed E-state index contributed by atoms with van der Waals surface area (Å²) in [4.78, 5) is 0. The second-order valence-corrected chi connectivity index (χ2v) is 8.94. The van der Waals surface area contributed by atoms with Crippen molar-refractivity contribution < 1.29 is 0 Å². The van der Waals surface area contributed by atoms with Crippen LogP contribution in [0.5, 0.6) is 0 Å². The number of nitriles is 2. The summed E-state index contributed by atoms with van der Waals surface area (Å²) >= 11 is 0. The topological polar surface area (TPSA) is 47.6 Å². The van der Waals surface area contributed by atoms with Crippen molar-refractivity contribution in [1.82, 2.24) is 0 Å². The molecule has 0 radical (unpaired) electrons. The van der Waals surface area contributed by atoms with Crippen LogP contribution >= 0.6 is 0 Å². The molecule has 0 fully saturated rings. The molecule has 0 aromatic heterocycles. The third-order valence-electron chi connectivity index (χ3n) is 6.77. The van der Waals surface area contributed by atoms with Gasteiger partial charge in [0.2, 0.25) is 0 Å². The maximum Gasteiger partial charge on any atom is 0.0669 e. The molecule has 1 aliphatic carbocycles. The fourth-order valence-corrected chi connectivity index (χ4v) is 5.11. The van der Waals surface area contributed by atoms with E-state index in [4.69, 9.17) is 10.5 Å². The summed E-state index contributed by atoms with van der Waals surface area (Å²) in [6.07, 6.45) is 8.37. The van der Waals surface area contributed by atoms with Crippen molar-refractivity contribution in [3.63, 3.8) is 0 Å². The number of fused-ring (bicyclic) bond motifs is 2. The van der Waals surface area contributed by atoms with Gasteiger partial charge in [0.1, 0.15) is 0 Å². The summed E-state index contributed by atoms with van der Waals surface area (Å²) in [6.45, 7) is 2.30. The molecule has 2 nitrogen and oxygen atoms in total. The molecule has 0 N–H and O–H groups in total. The molecule has 5 rings (SSSR count). The Morgan fingerprint density at radius 2 is 1.33 bits per heavy atom. The number of hydrogen-bond donors (Lipinski definition) is 0. The van der Waals surface area contributed by atoms with E-state index in [1.807, 2.05) is 0 Å². The van der Waals surface area contributed by atoms with Crippen molar-refractivity contribution in [1.29, 1.82) is 10.5 Å². The first-order valence-electron chi connectivity index (χ1n) is 11.3. The van der Waals surface area contributed by atoms with E-state index in [-0.39, 0.29) is 5.41 Å². The quantitative estimate of drug-likeness (QED) is 0.314. The van der Waals surface area contributed by atoms with E-state index in [1.165, 1.54) is 32.7 Å². The zero-order chi connectivity index (χ0) is 22.8. The Morgan fingerprint density at radius 1 is 0.758 bits per heavy atom. The largest absolute Gasteiger partial charge is 0.198 e. The van der Waals surface area contributed by atoms with Gasteiger partial charge in [-0.25, -0.2) is 0 Å². The van der Waals surface area contributed by atoms with E-state index < -0.39 is 0 Å².